The van der Waals surface area contributed by atoms with Gasteiger partial charge in [-0.15, -0.1) is 21.5 Å². The van der Waals surface area contributed by atoms with Crippen LogP contribution >= 0.6 is 23.1 Å². The molecule has 1 N–H and O–H groups in total. The Morgan fingerprint density at radius 3 is 2.52 bits per heavy atom. The normalized spacial score (nSPS) is 11.8. The number of carbonyl (C=O) groups is 1. The van der Waals surface area contributed by atoms with Crippen molar-refractivity contribution in [3.8, 4) is 11.5 Å². The molecular formula is C23H22N4O2S2. The molecule has 0 aliphatic carbocycles. The summed E-state index contributed by atoms with van der Waals surface area (Å²) < 4.78 is 7.73. The van der Waals surface area contributed by atoms with Crippen LogP contribution in [-0.2, 0) is 18.3 Å². The lowest BCUT2D eigenvalue weighted by molar-refractivity contribution is -0.115. The number of nitrogens with one attached hydrogen (secondary N) is 1. The minimum Gasteiger partial charge on any atom is -0.457 e. The summed E-state index contributed by atoms with van der Waals surface area (Å²) in [6.07, 6.45) is 0.736. The maximum atomic E-state index is 12.6. The van der Waals surface area contributed by atoms with Crippen LogP contribution in [0.25, 0.3) is 0 Å². The van der Waals surface area contributed by atoms with E-state index in [0.29, 0.717) is 11.4 Å². The predicted molar refractivity (Wildman–Crippen MR) is 125 cm³/mol. The molecule has 4 rings (SSSR count). The van der Waals surface area contributed by atoms with E-state index in [9.17, 15) is 4.79 Å². The Morgan fingerprint density at radius 2 is 1.81 bits per heavy atom. The average molecular weight is 451 g/mol. The molecule has 0 spiro atoms. The molecule has 1 atom stereocenters. The topological polar surface area (TPSA) is 69.0 Å². The zero-order valence-corrected chi connectivity index (χ0v) is 18.8. The number of anilines is 1. The van der Waals surface area contributed by atoms with Crippen molar-refractivity contribution < 1.29 is 9.53 Å². The van der Waals surface area contributed by atoms with Crippen molar-refractivity contribution in [2.75, 3.05) is 5.32 Å². The van der Waals surface area contributed by atoms with Gasteiger partial charge in [-0.1, -0.05) is 36.0 Å². The Hall–Kier alpha value is -3.10. The highest BCUT2D eigenvalue weighted by Crippen LogP contribution is 2.26. The van der Waals surface area contributed by atoms with E-state index in [1.807, 2.05) is 84.6 Å². The summed E-state index contributed by atoms with van der Waals surface area (Å²) in [5.41, 5.74) is 0.717. The Labute approximate surface area is 189 Å². The number of thiophene rings is 1. The molecule has 31 heavy (non-hydrogen) atoms. The Bertz CT molecular complexity index is 1130. The van der Waals surface area contributed by atoms with Crippen molar-refractivity contribution in [2.24, 2.45) is 7.05 Å². The number of hydrogen-bond donors (Lipinski definition) is 1. The highest BCUT2D eigenvalue weighted by molar-refractivity contribution is 8.00. The van der Waals surface area contributed by atoms with E-state index >= 15 is 0 Å². The number of thioether (sulfide) groups is 1. The zero-order valence-electron chi connectivity index (χ0n) is 17.2. The Kier molecular flexibility index (Phi) is 6.69. The van der Waals surface area contributed by atoms with Gasteiger partial charge in [0.2, 0.25) is 5.91 Å². The number of hydrogen-bond acceptors (Lipinski definition) is 6. The van der Waals surface area contributed by atoms with Crippen LogP contribution in [0.1, 0.15) is 17.6 Å². The molecule has 0 aliphatic heterocycles. The van der Waals surface area contributed by atoms with Gasteiger partial charge in [-0.3, -0.25) is 4.79 Å². The van der Waals surface area contributed by atoms with Crippen molar-refractivity contribution >= 4 is 34.7 Å². The molecule has 0 saturated carbocycles. The lowest BCUT2D eigenvalue weighted by atomic mass is 10.3. The maximum Gasteiger partial charge on any atom is 0.237 e. The second kappa shape index (κ2) is 9.80. The number of para-hydroxylation sites is 1. The smallest absolute Gasteiger partial charge is 0.237 e. The van der Waals surface area contributed by atoms with E-state index in [1.54, 1.807) is 11.3 Å². The molecule has 0 unspecified atom stereocenters. The van der Waals surface area contributed by atoms with E-state index in [4.69, 9.17) is 4.74 Å². The largest absolute Gasteiger partial charge is 0.457 e. The van der Waals surface area contributed by atoms with E-state index in [-0.39, 0.29) is 11.2 Å². The van der Waals surface area contributed by atoms with Gasteiger partial charge in [0.25, 0.3) is 0 Å². The number of benzene rings is 2. The molecular weight excluding hydrogens is 428 g/mol. The molecule has 0 aliphatic rings. The summed E-state index contributed by atoms with van der Waals surface area (Å²) >= 11 is 3.09. The van der Waals surface area contributed by atoms with Crippen LogP contribution in [-0.4, -0.2) is 25.9 Å². The Morgan fingerprint density at radius 1 is 1.06 bits per heavy atom. The summed E-state index contributed by atoms with van der Waals surface area (Å²) in [4.78, 5) is 13.9. The van der Waals surface area contributed by atoms with E-state index < -0.39 is 0 Å². The van der Waals surface area contributed by atoms with Gasteiger partial charge in [-0.2, -0.15) is 0 Å². The monoisotopic (exact) mass is 450 g/mol. The molecule has 0 saturated heterocycles. The van der Waals surface area contributed by atoms with Crippen molar-refractivity contribution in [3.63, 3.8) is 0 Å². The van der Waals surface area contributed by atoms with E-state index in [0.717, 1.165) is 23.2 Å². The highest BCUT2D eigenvalue weighted by atomic mass is 32.2. The van der Waals surface area contributed by atoms with Gasteiger partial charge in [0.15, 0.2) is 5.16 Å². The number of amides is 1. The van der Waals surface area contributed by atoms with Crippen molar-refractivity contribution in [1.82, 2.24) is 14.8 Å². The number of carbonyl (C=O) groups excluding carboxylic acids is 1. The predicted octanol–water partition coefficient (Wildman–Crippen LogP) is 5.38. The molecule has 0 fully saturated rings. The minimum absolute atomic E-state index is 0.0930. The third-order valence-corrected chi connectivity index (χ3v) is 6.60. The molecule has 0 bridgehead atoms. The lowest BCUT2D eigenvalue weighted by Crippen LogP contribution is -2.22. The van der Waals surface area contributed by atoms with Gasteiger partial charge in [0.1, 0.15) is 17.3 Å². The first kappa shape index (κ1) is 21.1. The van der Waals surface area contributed by atoms with Gasteiger partial charge >= 0.3 is 0 Å². The maximum absolute atomic E-state index is 12.6. The van der Waals surface area contributed by atoms with Crippen LogP contribution in [0, 0.1) is 0 Å². The fourth-order valence-corrected chi connectivity index (χ4v) is 4.39. The summed E-state index contributed by atoms with van der Waals surface area (Å²) in [6.45, 7) is 1.86. The second-order valence-electron chi connectivity index (χ2n) is 6.90. The number of nitrogens with zero attached hydrogens (tertiary/aromatic N) is 3. The third kappa shape index (κ3) is 5.53. The molecule has 158 valence electrons. The van der Waals surface area contributed by atoms with E-state index in [2.05, 4.69) is 21.6 Å². The highest BCUT2D eigenvalue weighted by Gasteiger charge is 2.19. The lowest BCUT2D eigenvalue weighted by Gasteiger charge is -2.12. The van der Waals surface area contributed by atoms with E-state index in [1.165, 1.54) is 16.6 Å². The quantitative estimate of drug-likeness (QED) is 0.365. The SMILES string of the molecule is C[C@H](Sc1nnc(Cc2cccs2)n1C)C(=O)Nc1ccc(Oc2ccccc2)cc1. The van der Waals surface area contributed by atoms with Gasteiger partial charge in [0.05, 0.1) is 5.25 Å². The molecule has 2 aromatic carbocycles. The van der Waals surface area contributed by atoms with Gasteiger partial charge in [-0.05, 0) is 54.8 Å². The molecule has 2 aromatic heterocycles. The third-order valence-electron chi connectivity index (χ3n) is 4.59. The van der Waals surface area contributed by atoms with Crippen molar-refractivity contribution in [2.45, 2.75) is 23.8 Å². The number of aromatic nitrogens is 3. The van der Waals surface area contributed by atoms with Crippen LogP contribution in [0.4, 0.5) is 5.69 Å². The molecule has 0 radical (unpaired) electrons. The molecule has 8 heteroatoms. The summed E-state index contributed by atoms with van der Waals surface area (Å²) in [5, 5.41) is 13.9. The number of ether oxygens (including phenoxy) is 1. The first-order valence-corrected chi connectivity index (χ1v) is 11.6. The fraction of sp³-hybridized carbons (Fsp3) is 0.174. The molecule has 1 amide bonds. The summed E-state index contributed by atoms with van der Waals surface area (Å²) in [5.74, 6) is 2.27. The minimum atomic E-state index is -0.322. The van der Waals surface area contributed by atoms with Gasteiger partial charge < -0.3 is 14.6 Å². The van der Waals surface area contributed by atoms with Crippen molar-refractivity contribution in [1.29, 1.82) is 0 Å². The van der Waals surface area contributed by atoms with Crippen LogP contribution in [0.3, 0.4) is 0 Å². The second-order valence-corrected chi connectivity index (χ2v) is 9.24. The van der Waals surface area contributed by atoms with Crippen LogP contribution in [0.15, 0.2) is 77.3 Å². The standard InChI is InChI=1S/C23H22N4O2S2/c1-16(31-23-26-25-21(27(23)2)15-20-9-6-14-30-20)22(28)24-17-10-12-19(13-11-17)29-18-7-4-3-5-8-18/h3-14,16H,15H2,1-2H3,(H,24,28)/t16-/m0/s1. The number of rotatable bonds is 8. The van der Waals surface area contributed by atoms with Crippen LogP contribution < -0.4 is 10.1 Å². The molecule has 6 nitrogen and oxygen atoms in total. The summed E-state index contributed by atoms with van der Waals surface area (Å²) in [7, 11) is 1.93. The summed E-state index contributed by atoms with van der Waals surface area (Å²) in [6, 6.07) is 21.0. The molecule has 2 heterocycles. The average Bonchev–Trinajstić information content (AvgIpc) is 3.41. The molecule has 4 aromatic rings. The Balaban J connectivity index is 1.33. The first-order chi connectivity index (χ1) is 15.1. The van der Waals surface area contributed by atoms with Crippen LogP contribution in [0.2, 0.25) is 0 Å². The van der Waals surface area contributed by atoms with Gasteiger partial charge in [0, 0.05) is 24.0 Å². The fourth-order valence-electron chi connectivity index (χ4n) is 2.86. The van der Waals surface area contributed by atoms with Gasteiger partial charge in [-0.25, -0.2) is 0 Å². The zero-order chi connectivity index (χ0) is 21.6. The van der Waals surface area contributed by atoms with Crippen molar-refractivity contribution in [3.05, 3.63) is 82.8 Å². The first-order valence-electron chi connectivity index (χ1n) is 9.79. The van der Waals surface area contributed by atoms with Crippen LogP contribution in [0.5, 0.6) is 11.5 Å².